The van der Waals surface area contributed by atoms with Crippen molar-refractivity contribution in [2.75, 3.05) is 6.61 Å². The second-order valence-electron chi connectivity index (χ2n) is 1.75. The van der Waals surface area contributed by atoms with Gasteiger partial charge < -0.3 is 4.74 Å². The number of hydrogen-bond acceptors (Lipinski definition) is 3. The topological polar surface area (TPSA) is 67.2 Å². The molecule has 0 bridgehead atoms. The molecule has 0 aromatic heterocycles. The van der Waals surface area contributed by atoms with E-state index < -0.39 is 5.91 Å². The lowest BCUT2D eigenvalue weighted by atomic mass is 10.4. The van der Waals surface area contributed by atoms with Gasteiger partial charge in [-0.1, -0.05) is 6.92 Å². The third kappa shape index (κ3) is 5.08. The van der Waals surface area contributed by atoms with Gasteiger partial charge in [0.15, 0.2) is 0 Å². The number of carbonyl (C=O) groups excluding carboxylic acids is 2. The number of rotatable bonds is 4. The van der Waals surface area contributed by atoms with Crippen molar-refractivity contribution in [3.63, 3.8) is 0 Å². The lowest BCUT2D eigenvalue weighted by Gasteiger charge is -1.98. The number of carbonyl (C=O) groups is 2. The van der Waals surface area contributed by atoms with Crippen molar-refractivity contribution in [2.24, 2.45) is 0 Å². The quantitative estimate of drug-likeness (QED) is 0.527. The molecule has 1 amide bonds. The molecular formula is C6H10NO3. The molecule has 0 heterocycles. The van der Waals surface area contributed by atoms with Gasteiger partial charge in [0.05, 0.1) is 6.42 Å². The van der Waals surface area contributed by atoms with Crippen molar-refractivity contribution < 1.29 is 14.3 Å². The Hall–Kier alpha value is -1.06. The molecule has 10 heavy (non-hydrogen) atoms. The van der Waals surface area contributed by atoms with E-state index >= 15 is 0 Å². The number of ether oxygens (including phenoxy) is 1. The SMILES string of the molecule is CCC(=O)OCCC([NH])=O. The zero-order valence-electron chi connectivity index (χ0n) is 5.85. The van der Waals surface area contributed by atoms with Crippen molar-refractivity contribution in [2.45, 2.75) is 19.8 Å². The van der Waals surface area contributed by atoms with Crippen molar-refractivity contribution in [1.82, 2.24) is 5.73 Å². The van der Waals surface area contributed by atoms with Gasteiger partial charge in [0.1, 0.15) is 6.61 Å². The van der Waals surface area contributed by atoms with Crippen molar-refractivity contribution >= 4 is 11.9 Å². The first kappa shape index (κ1) is 8.94. The molecule has 0 rings (SSSR count). The van der Waals surface area contributed by atoms with Crippen molar-refractivity contribution in [3.05, 3.63) is 0 Å². The predicted molar refractivity (Wildman–Crippen MR) is 34.0 cm³/mol. The molecule has 0 aromatic carbocycles. The molecule has 0 aliphatic heterocycles. The van der Waals surface area contributed by atoms with E-state index in [1.807, 2.05) is 0 Å². The number of amides is 1. The molecule has 1 N–H and O–H groups in total. The third-order valence-corrected chi connectivity index (χ3v) is 0.881. The van der Waals surface area contributed by atoms with Gasteiger partial charge in [0, 0.05) is 6.42 Å². The summed E-state index contributed by atoms with van der Waals surface area (Å²) in [5, 5.41) is 0. The molecule has 0 aliphatic rings. The molecule has 0 saturated carbocycles. The smallest absolute Gasteiger partial charge is 0.305 e. The first-order chi connectivity index (χ1) is 4.66. The Morgan fingerprint density at radius 3 is 2.50 bits per heavy atom. The van der Waals surface area contributed by atoms with Crippen LogP contribution in [0.1, 0.15) is 19.8 Å². The fraction of sp³-hybridized carbons (Fsp3) is 0.667. The first-order valence-corrected chi connectivity index (χ1v) is 3.07. The van der Waals surface area contributed by atoms with Crippen LogP contribution in [0.4, 0.5) is 0 Å². The molecule has 0 aromatic rings. The van der Waals surface area contributed by atoms with Gasteiger partial charge >= 0.3 is 5.97 Å². The molecular weight excluding hydrogens is 134 g/mol. The van der Waals surface area contributed by atoms with Crippen LogP contribution >= 0.6 is 0 Å². The summed E-state index contributed by atoms with van der Waals surface area (Å²) in [5.41, 5.74) is 6.45. The first-order valence-electron chi connectivity index (χ1n) is 3.07. The van der Waals surface area contributed by atoms with E-state index in [0.29, 0.717) is 6.42 Å². The zero-order valence-corrected chi connectivity index (χ0v) is 5.85. The summed E-state index contributed by atoms with van der Waals surface area (Å²) < 4.78 is 4.52. The second-order valence-corrected chi connectivity index (χ2v) is 1.75. The Morgan fingerprint density at radius 1 is 1.50 bits per heavy atom. The van der Waals surface area contributed by atoms with Gasteiger partial charge in [-0.15, -0.1) is 0 Å². The van der Waals surface area contributed by atoms with E-state index in [-0.39, 0.29) is 19.0 Å². The number of nitrogens with one attached hydrogen (secondary N) is 1. The van der Waals surface area contributed by atoms with E-state index in [0.717, 1.165) is 0 Å². The van der Waals surface area contributed by atoms with Gasteiger partial charge in [0.2, 0.25) is 5.91 Å². The molecule has 0 atom stereocenters. The van der Waals surface area contributed by atoms with Crippen LogP contribution < -0.4 is 5.73 Å². The maximum absolute atomic E-state index is 10.4. The highest BCUT2D eigenvalue weighted by Gasteiger charge is 1.99. The van der Waals surface area contributed by atoms with Crippen LogP contribution in [0.2, 0.25) is 0 Å². The van der Waals surface area contributed by atoms with Gasteiger partial charge in [-0.3, -0.25) is 15.3 Å². The summed E-state index contributed by atoms with van der Waals surface area (Å²) in [6, 6.07) is 0. The van der Waals surface area contributed by atoms with Crippen molar-refractivity contribution in [3.8, 4) is 0 Å². The average molecular weight is 144 g/mol. The predicted octanol–water partition coefficient (Wildman–Crippen LogP) is 0.139. The number of hydrogen-bond donors (Lipinski definition) is 0. The van der Waals surface area contributed by atoms with Crippen molar-refractivity contribution in [1.29, 1.82) is 0 Å². The maximum Gasteiger partial charge on any atom is 0.305 e. The van der Waals surface area contributed by atoms with Crippen LogP contribution in [-0.2, 0) is 14.3 Å². The fourth-order valence-electron chi connectivity index (χ4n) is 0.360. The summed E-state index contributed by atoms with van der Waals surface area (Å²) in [6.45, 7) is 1.71. The van der Waals surface area contributed by atoms with Crippen LogP contribution in [0, 0.1) is 0 Å². The van der Waals surface area contributed by atoms with E-state index in [4.69, 9.17) is 5.73 Å². The fourth-order valence-corrected chi connectivity index (χ4v) is 0.360. The van der Waals surface area contributed by atoms with E-state index in [9.17, 15) is 9.59 Å². The minimum atomic E-state index is -0.705. The standard InChI is InChI=1S/C6H10NO3/c1-2-6(9)10-4-3-5(7)8/h7H,2-4H2,1H3. The molecule has 1 radical (unpaired) electrons. The van der Waals surface area contributed by atoms with Crippen LogP contribution in [-0.4, -0.2) is 18.5 Å². The summed E-state index contributed by atoms with van der Waals surface area (Å²) in [7, 11) is 0. The van der Waals surface area contributed by atoms with Gasteiger partial charge in [0.25, 0.3) is 0 Å². The van der Waals surface area contributed by atoms with E-state index in [1.165, 1.54) is 0 Å². The summed E-state index contributed by atoms with van der Waals surface area (Å²) in [4.78, 5) is 20.4. The largest absolute Gasteiger partial charge is 0.465 e. The monoisotopic (exact) mass is 144 g/mol. The van der Waals surface area contributed by atoms with Crippen LogP contribution in [0.15, 0.2) is 0 Å². The Labute approximate surface area is 59.3 Å². The Morgan fingerprint density at radius 2 is 2.10 bits per heavy atom. The van der Waals surface area contributed by atoms with E-state index in [2.05, 4.69) is 4.74 Å². The zero-order chi connectivity index (χ0) is 7.98. The molecule has 0 spiro atoms. The highest BCUT2D eigenvalue weighted by molar-refractivity contribution is 5.74. The molecule has 0 aliphatic carbocycles. The summed E-state index contributed by atoms with van der Waals surface area (Å²) in [6.07, 6.45) is 0.304. The van der Waals surface area contributed by atoms with E-state index in [1.54, 1.807) is 6.92 Å². The van der Waals surface area contributed by atoms with Gasteiger partial charge in [-0.2, -0.15) is 0 Å². The summed E-state index contributed by atoms with van der Waals surface area (Å²) >= 11 is 0. The average Bonchev–Trinajstić information content (AvgIpc) is 1.87. The normalized spacial score (nSPS) is 8.90. The lowest BCUT2D eigenvalue weighted by molar-refractivity contribution is -0.143. The van der Waals surface area contributed by atoms with Gasteiger partial charge in [-0.05, 0) is 0 Å². The second kappa shape index (κ2) is 4.78. The highest BCUT2D eigenvalue weighted by atomic mass is 16.5. The molecule has 0 fully saturated rings. The molecule has 57 valence electrons. The molecule has 0 unspecified atom stereocenters. The Balaban J connectivity index is 3.20. The summed E-state index contributed by atoms with van der Waals surface area (Å²) in [5.74, 6) is -1.04. The maximum atomic E-state index is 10.4. The minimum Gasteiger partial charge on any atom is -0.465 e. The van der Waals surface area contributed by atoms with Crippen LogP contribution in [0.3, 0.4) is 0 Å². The third-order valence-electron chi connectivity index (χ3n) is 0.881. The Kier molecular flexibility index (Phi) is 4.28. The van der Waals surface area contributed by atoms with Crippen LogP contribution in [0.5, 0.6) is 0 Å². The molecule has 0 saturated heterocycles. The number of esters is 1. The molecule has 4 heteroatoms. The van der Waals surface area contributed by atoms with Gasteiger partial charge in [-0.25, -0.2) is 0 Å². The Bertz CT molecular complexity index is 133. The van der Waals surface area contributed by atoms with Crippen LogP contribution in [0.25, 0.3) is 0 Å². The lowest BCUT2D eigenvalue weighted by Crippen LogP contribution is -2.08. The molecule has 4 nitrogen and oxygen atoms in total. The minimum absolute atomic E-state index is 0.00819. The highest BCUT2D eigenvalue weighted by Crippen LogP contribution is 1.86.